The zero-order valence-electron chi connectivity index (χ0n) is 26.1. The summed E-state index contributed by atoms with van der Waals surface area (Å²) in [6, 6.07) is 15.8. The molecule has 7 heteroatoms. The van der Waals surface area contributed by atoms with Gasteiger partial charge in [-0.25, -0.2) is 4.79 Å². The van der Waals surface area contributed by atoms with E-state index < -0.39 is 24.0 Å². The van der Waals surface area contributed by atoms with Crippen molar-refractivity contribution in [3.05, 3.63) is 71.8 Å². The summed E-state index contributed by atoms with van der Waals surface area (Å²) >= 11 is 0. The van der Waals surface area contributed by atoms with Gasteiger partial charge >= 0.3 is 35.5 Å². The van der Waals surface area contributed by atoms with Crippen molar-refractivity contribution in [2.75, 3.05) is 0 Å². The Morgan fingerprint density at radius 2 is 1.19 bits per heavy atom. The number of benzene rings is 2. The molecule has 2 atom stereocenters. The molecule has 0 bridgehead atoms. The van der Waals surface area contributed by atoms with Gasteiger partial charge in [0.2, 0.25) is 5.91 Å². The van der Waals surface area contributed by atoms with E-state index in [2.05, 4.69) is 17.2 Å². The number of aliphatic imine (C=N–C) groups is 1. The quantitative estimate of drug-likeness (QED) is 0.0863. The SMILES string of the molecule is CCCCCCCCCCCCCCCCCC([O-])=N[C@@H](C(=O)N[C@H](Cc1ccccc1)C(=O)O)c1ccccc1.[Na+]. The molecule has 0 heterocycles. The van der Waals surface area contributed by atoms with Crippen molar-refractivity contribution in [1.82, 2.24) is 5.32 Å². The molecule has 0 aliphatic carbocycles. The van der Waals surface area contributed by atoms with Crippen molar-refractivity contribution in [3.8, 4) is 0 Å². The van der Waals surface area contributed by atoms with Crippen LogP contribution in [0.3, 0.4) is 0 Å². The summed E-state index contributed by atoms with van der Waals surface area (Å²) < 4.78 is 0. The van der Waals surface area contributed by atoms with E-state index in [1.807, 2.05) is 36.4 Å². The second-order valence-electron chi connectivity index (χ2n) is 11.1. The molecule has 2 aromatic carbocycles. The largest absolute Gasteiger partial charge is 1.00 e. The van der Waals surface area contributed by atoms with Crippen LogP contribution in [0, 0.1) is 0 Å². The van der Waals surface area contributed by atoms with Gasteiger partial charge < -0.3 is 15.5 Å². The van der Waals surface area contributed by atoms with Crippen molar-refractivity contribution in [1.29, 1.82) is 0 Å². The molecule has 6 nitrogen and oxygen atoms in total. The number of carbonyl (C=O) groups excluding carboxylic acids is 1. The molecular formula is C35H51N2NaO4. The minimum absolute atomic E-state index is 0. The molecule has 2 N–H and O–H groups in total. The van der Waals surface area contributed by atoms with Crippen LogP contribution in [0.1, 0.15) is 127 Å². The van der Waals surface area contributed by atoms with E-state index in [1.165, 1.54) is 77.0 Å². The molecule has 0 radical (unpaired) electrons. The molecular weight excluding hydrogens is 535 g/mol. The molecule has 0 aliphatic heterocycles. The first kappa shape index (κ1) is 37.9. The molecule has 0 spiro atoms. The Morgan fingerprint density at radius 1 is 0.738 bits per heavy atom. The third kappa shape index (κ3) is 17.1. The minimum atomic E-state index is -1.13. The van der Waals surface area contributed by atoms with Gasteiger partial charge in [0.1, 0.15) is 6.04 Å². The predicted molar refractivity (Wildman–Crippen MR) is 166 cm³/mol. The summed E-state index contributed by atoms with van der Waals surface area (Å²) in [6.45, 7) is 2.26. The number of carbonyl (C=O) groups is 2. The van der Waals surface area contributed by atoms with Gasteiger partial charge in [-0.2, -0.15) is 0 Å². The van der Waals surface area contributed by atoms with E-state index in [-0.39, 0.29) is 41.9 Å². The Labute approximate surface area is 276 Å². The predicted octanol–water partition coefficient (Wildman–Crippen LogP) is 4.56. The normalized spacial score (nSPS) is 12.7. The van der Waals surface area contributed by atoms with E-state index in [0.29, 0.717) is 12.0 Å². The van der Waals surface area contributed by atoms with Crippen LogP contribution in [0.2, 0.25) is 0 Å². The van der Waals surface area contributed by atoms with Crippen LogP contribution in [-0.2, 0) is 16.0 Å². The van der Waals surface area contributed by atoms with Gasteiger partial charge in [-0.05, 0) is 29.9 Å². The first-order valence-corrected chi connectivity index (χ1v) is 15.9. The number of nitrogens with one attached hydrogen (secondary N) is 1. The average molecular weight is 587 g/mol. The summed E-state index contributed by atoms with van der Waals surface area (Å²) in [5.74, 6) is -2.03. The number of hydrogen-bond donors (Lipinski definition) is 2. The van der Waals surface area contributed by atoms with Crippen LogP contribution in [0.25, 0.3) is 0 Å². The smallest absolute Gasteiger partial charge is 0.862 e. The second kappa shape index (κ2) is 24.3. The number of rotatable bonds is 23. The topological polar surface area (TPSA) is 102 Å². The molecule has 0 aliphatic rings. The van der Waals surface area contributed by atoms with E-state index in [4.69, 9.17) is 0 Å². The molecule has 1 amide bonds. The third-order valence-corrected chi connectivity index (χ3v) is 7.53. The van der Waals surface area contributed by atoms with Crippen LogP contribution in [0.5, 0.6) is 0 Å². The average Bonchev–Trinajstić information content (AvgIpc) is 2.98. The van der Waals surface area contributed by atoms with Gasteiger partial charge in [0.15, 0.2) is 6.04 Å². The molecule has 42 heavy (non-hydrogen) atoms. The van der Waals surface area contributed by atoms with Crippen molar-refractivity contribution in [2.45, 2.75) is 128 Å². The monoisotopic (exact) mass is 586 g/mol. The maximum Gasteiger partial charge on any atom is 1.00 e. The summed E-state index contributed by atoms with van der Waals surface area (Å²) in [7, 11) is 0. The molecule has 2 rings (SSSR count). The Kier molecular flexibility index (Phi) is 21.9. The molecule has 226 valence electrons. The summed E-state index contributed by atoms with van der Waals surface area (Å²) in [4.78, 5) is 29.3. The number of amides is 1. The third-order valence-electron chi connectivity index (χ3n) is 7.53. The molecule has 2 aromatic rings. The molecule has 0 fully saturated rings. The van der Waals surface area contributed by atoms with E-state index >= 15 is 0 Å². The maximum absolute atomic E-state index is 13.2. The first-order valence-electron chi connectivity index (χ1n) is 15.9. The zero-order valence-corrected chi connectivity index (χ0v) is 28.1. The van der Waals surface area contributed by atoms with Crippen molar-refractivity contribution in [2.24, 2.45) is 4.99 Å². The van der Waals surface area contributed by atoms with Crippen molar-refractivity contribution < 1.29 is 49.4 Å². The number of unbranched alkanes of at least 4 members (excludes halogenated alkanes) is 14. The van der Waals surface area contributed by atoms with Gasteiger partial charge in [-0.3, -0.25) is 9.79 Å². The van der Waals surface area contributed by atoms with E-state index in [9.17, 15) is 19.8 Å². The molecule has 0 unspecified atom stereocenters. The van der Waals surface area contributed by atoms with E-state index in [0.717, 1.165) is 24.8 Å². The number of aliphatic carboxylic acids is 1. The number of nitrogens with zero attached hydrogens (tertiary/aromatic N) is 1. The van der Waals surface area contributed by atoms with Gasteiger partial charge in [-0.15, -0.1) is 0 Å². The van der Waals surface area contributed by atoms with Gasteiger partial charge in [-0.1, -0.05) is 157 Å². The molecule has 0 aromatic heterocycles. The number of carboxylic acid groups (broad SMARTS) is 1. The Bertz CT molecular complexity index is 1000. The minimum Gasteiger partial charge on any atom is -0.862 e. The molecule has 0 saturated carbocycles. The maximum atomic E-state index is 13.2. The zero-order chi connectivity index (χ0) is 29.5. The Balaban J connectivity index is 0.00000882. The van der Waals surface area contributed by atoms with E-state index in [1.54, 1.807) is 24.3 Å². The summed E-state index contributed by atoms with van der Waals surface area (Å²) in [5.41, 5.74) is 1.37. The van der Waals surface area contributed by atoms with Gasteiger partial charge in [0, 0.05) is 6.42 Å². The first-order chi connectivity index (χ1) is 20.0. The standard InChI is InChI=1S/C35H52N2O4.Na/c1-2-3-4-5-6-7-8-9-10-11-12-13-14-15-22-27-32(38)37-33(30-25-20-17-21-26-30)34(39)36-31(35(40)41)28-29-23-18-16-19-24-29;/h16-21,23-26,31,33H,2-15,22,27-28H2,1H3,(H,36,39)(H,37,38)(H,40,41);/q;+1/p-1/t31-,33-;/m1./s1. The van der Waals surface area contributed by atoms with Crippen LogP contribution in [0.4, 0.5) is 0 Å². The van der Waals surface area contributed by atoms with Gasteiger partial charge in [0.25, 0.3) is 0 Å². The fourth-order valence-corrected chi connectivity index (χ4v) is 5.08. The summed E-state index contributed by atoms with van der Waals surface area (Å²) in [6.07, 6.45) is 19.3. The van der Waals surface area contributed by atoms with Crippen molar-refractivity contribution >= 4 is 17.8 Å². The van der Waals surface area contributed by atoms with Crippen LogP contribution in [-0.4, -0.2) is 28.9 Å². The fourth-order valence-electron chi connectivity index (χ4n) is 5.08. The van der Waals surface area contributed by atoms with Crippen molar-refractivity contribution in [3.63, 3.8) is 0 Å². The number of hydrogen-bond acceptors (Lipinski definition) is 4. The Morgan fingerprint density at radius 3 is 1.67 bits per heavy atom. The summed E-state index contributed by atoms with van der Waals surface area (Å²) in [5, 5.41) is 25.0. The van der Waals surface area contributed by atoms with Crippen LogP contribution >= 0.6 is 0 Å². The number of carboxylic acids is 1. The molecule has 0 saturated heterocycles. The van der Waals surface area contributed by atoms with Crippen LogP contribution in [0.15, 0.2) is 65.7 Å². The second-order valence-corrected chi connectivity index (χ2v) is 11.1. The van der Waals surface area contributed by atoms with Crippen LogP contribution < -0.4 is 40.0 Å². The Hall–Kier alpha value is -2.15. The van der Waals surface area contributed by atoms with Gasteiger partial charge in [0.05, 0.1) is 0 Å². The fraction of sp³-hybridized carbons (Fsp3) is 0.571.